The molecule has 0 bridgehead atoms. The highest BCUT2D eigenvalue weighted by molar-refractivity contribution is 5.94. The fourth-order valence-corrected chi connectivity index (χ4v) is 5.43. The number of nitrogens with zero attached hydrogens (tertiary/aromatic N) is 1. The number of para-hydroxylation sites is 2. The van der Waals surface area contributed by atoms with Crippen molar-refractivity contribution in [3.8, 4) is 0 Å². The predicted molar refractivity (Wildman–Crippen MR) is 161 cm³/mol. The van der Waals surface area contributed by atoms with E-state index in [0.29, 0.717) is 17.5 Å². The molecule has 1 amide bonds. The molecule has 0 saturated heterocycles. The maximum Gasteiger partial charge on any atom is 0.287 e. The van der Waals surface area contributed by atoms with Gasteiger partial charge in [0.25, 0.3) is 5.91 Å². The van der Waals surface area contributed by atoms with Crippen LogP contribution in [-0.4, -0.2) is 24.0 Å². The topological polar surface area (TPSA) is 84.2 Å². The number of fused-ring (bicyclic) bond motifs is 3. The summed E-state index contributed by atoms with van der Waals surface area (Å²) in [5, 5.41) is 8.38. The summed E-state index contributed by atoms with van der Waals surface area (Å²) in [4.78, 5) is 29.5. The zero-order chi connectivity index (χ0) is 26.2. The number of carbonyl (C=O) groups excluding carboxylic acids is 1. The SMILES string of the molecule is Cl.O=C(NCCCCCCCCCNc1c2c(nc3ccccc13)CCCC2)c1cc(=O)c2ccccc2o1. The second-order valence-corrected chi connectivity index (χ2v) is 10.3. The zero-order valence-corrected chi connectivity index (χ0v) is 23.3. The largest absolute Gasteiger partial charge is 0.451 e. The molecular formula is C32H38ClN3O3. The molecule has 0 fully saturated rings. The van der Waals surface area contributed by atoms with Gasteiger partial charge in [0.05, 0.1) is 10.9 Å². The molecular weight excluding hydrogens is 510 g/mol. The predicted octanol–water partition coefficient (Wildman–Crippen LogP) is 7.21. The third kappa shape index (κ3) is 7.18. The van der Waals surface area contributed by atoms with Crippen molar-refractivity contribution in [2.24, 2.45) is 0 Å². The van der Waals surface area contributed by atoms with Crippen LogP contribution in [0.5, 0.6) is 0 Å². The van der Waals surface area contributed by atoms with Crippen LogP contribution in [0.3, 0.4) is 0 Å². The number of hydrogen-bond acceptors (Lipinski definition) is 5. The molecule has 0 saturated carbocycles. The lowest BCUT2D eigenvalue weighted by atomic mass is 9.92. The van der Waals surface area contributed by atoms with Crippen LogP contribution >= 0.6 is 12.4 Å². The van der Waals surface area contributed by atoms with Crippen molar-refractivity contribution in [2.75, 3.05) is 18.4 Å². The minimum atomic E-state index is -0.330. The van der Waals surface area contributed by atoms with E-state index in [4.69, 9.17) is 9.40 Å². The lowest BCUT2D eigenvalue weighted by Crippen LogP contribution is -2.25. The molecule has 4 aromatic rings. The van der Waals surface area contributed by atoms with Crippen molar-refractivity contribution in [2.45, 2.75) is 70.6 Å². The van der Waals surface area contributed by atoms with Crippen LogP contribution in [0.2, 0.25) is 0 Å². The summed E-state index contributed by atoms with van der Waals surface area (Å²) in [6.45, 7) is 1.58. The minimum absolute atomic E-state index is 0. The number of rotatable bonds is 12. The molecule has 2 aromatic heterocycles. The summed E-state index contributed by atoms with van der Waals surface area (Å²) in [6.07, 6.45) is 12.7. The second kappa shape index (κ2) is 14.1. The Bertz CT molecular complexity index is 1470. The van der Waals surface area contributed by atoms with Gasteiger partial charge in [-0.05, 0) is 62.3 Å². The Labute approximate surface area is 236 Å². The maximum absolute atomic E-state index is 12.4. The fourth-order valence-electron chi connectivity index (χ4n) is 5.43. The van der Waals surface area contributed by atoms with Gasteiger partial charge in [0, 0.05) is 35.9 Å². The van der Waals surface area contributed by atoms with Gasteiger partial charge >= 0.3 is 0 Å². The first kappa shape index (κ1) is 28.6. The first-order chi connectivity index (χ1) is 18.7. The number of anilines is 1. The summed E-state index contributed by atoms with van der Waals surface area (Å²) in [6, 6.07) is 16.8. The van der Waals surface area contributed by atoms with Crippen molar-refractivity contribution in [1.82, 2.24) is 10.3 Å². The number of aromatic nitrogens is 1. The van der Waals surface area contributed by atoms with E-state index in [1.54, 1.807) is 24.3 Å². The Morgan fingerprint density at radius 2 is 1.49 bits per heavy atom. The van der Waals surface area contributed by atoms with Gasteiger partial charge in [-0.3, -0.25) is 14.6 Å². The number of unbranched alkanes of at least 4 members (excludes halogenated alkanes) is 6. The number of hydrogen-bond donors (Lipinski definition) is 2. The first-order valence-electron chi connectivity index (χ1n) is 14.2. The van der Waals surface area contributed by atoms with Crippen LogP contribution in [0.15, 0.2) is 63.8 Å². The van der Waals surface area contributed by atoms with Crippen LogP contribution < -0.4 is 16.1 Å². The first-order valence-corrected chi connectivity index (χ1v) is 14.2. The van der Waals surface area contributed by atoms with E-state index in [-0.39, 0.29) is 29.5 Å². The summed E-state index contributed by atoms with van der Waals surface area (Å²) in [5.41, 5.74) is 5.39. The highest BCUT2D eigenvalue weighted by Gasteiger charge is 2.17. The normalized spacial score (nSPS) is 12.6. The highest BCUT2D eigenvalue weighted by atomic mass is 35.5. The Balaban J connectivity index is 0.00000353. The van der Waals surface area contributed by atoms with Crippen molar-refractivity contribution in [1.29, 1.82) is 0 Å². The monoisotopic (exact) mass is 547 g/mol. The van der Waals surface area contributed by atoms with E-state index in [1.807, 2.05) is 0 Å². The standard InChI is InChI=1S/C32H37N3O3.ClH/c36-28-22-30(38-29-19-11-8-16-25(28)29)32(37)34-21-13-5-3-1-2-4-12-20-33-31-23-14-6-9-17-26(23)35-27-18-10-7-15-24(27)31;/h6,8-9,11,14,16-17,19,22H,1-5,7,10,12-13,15,18,20-21H2,(H,33,35)(H,34,37);1H. The molecule has 0 spiro atoms. The van der Waals surface area contributed by atoms with Gasteiger partial charge in [-0.1, -0.05) is 62.4 Å². The molecule has 6 nitrogen and oxygen atoms in total. The molecule has 1 aliphatic carbocycles. The molecule has 0 atom stereocenters. The average Bonchev–Trinajstić information content (AvgIpc) is 2.95. The molecule has 0 radical (unpaired) electrons. The number of nitrogens with one attached hydrogen (secondary N) is 2. The van der Waals surface area contributed by atoms with Gasteiger partial charge in [-0.2, -0.15) is 0 Å². The summed E-state index contributed by atoms with van der Waals surface area (Å²) in [7, 11) is 0. The third-order valence-corrected chi connectivity index (χ3v) is 7.47. The Kier molecular flexibility index (Phi) is 10.4. The van der Waals surface area contributed by atoms with Crippen LogP contribution in [-0.2, 0) is 12.8 Å². The molecule has 0 aliphatic heterocycles. The lowest BCUT2D eigenvalue weighted by molar-refractivity contribution is 0.0926. The van der Waals surface area contributed by atoms with Gasteiger partial charge in [-0.25, -0.2) is 0 Å². The highest BCUT2D eigenvalue weighted by Crippen LogP contribution is 2.33. The molecule has 7 heteroatoms. The van der Waals surface area contributed by atoms with Crippen LogP contribution in [0.1, 0.15) is 79.6 Å². The van der Waals surface area contributed by atoms with Crippen molar-refractivity contribution in [3.05, 3.63) is 81.8 Å². The number of benzene rings is 2. The Morgan fingerprint density at radius 3 is 2.31 bits per heavy atom. The second-order valence-electron chi connectivity index (χ2n) is 10.3. The minimum Gasteiger partial charge on any atom is -0.451 e. The van der Waals surface area contributed by atoms with E-state index in [1.165, 1.54) is 66.9 Å². The molecule has 2 heterocycles. The summed E-state index contributed by atoms with van der Waals surface area (Å²) < 4.78 is 5.60. The van der Waals surface area contributed by atoms with Gasteiger partial charge in [0.15, 0.2) is 11.2 Å². The van der Waals surface area contributed by atoms with E-state index in [0.717, 1.165) is 44.2 Å². The molecule has 1 aliphatic rings. The number of amides is 1. The van der Waals surface area contributed by atoms with E-state index in [9.17, 15) is 9.59 Å². The van der Waals surface area contributed by atoms with Gasteiger partial charge in [-0.15, -0.1) is 12.4 Å². The van der Waals surface area contributed by atoms with E-state index in [2.05, 4.69) is 34.9 Å². The number of carbonyl (C=O) groups is 1. The molecule has 5 rings (SSSR count). The lowest BCUT2D eigenvalue weighted by Gasteiger charge is -2.21. The maximum atomic E-state index is 12.4. The average molecular weight is 548 g/mol. The number of pyridine rings is 1. The van der Waals surface area contributed by atoms with Gasteiger partial charge in [0.2, 0.25) is 0 Å². The van der Waals surface area contributed by atoms with Gasteiger partial charge in [0.1, 0.15) is 5.58 Å². The summed E-state index contributed by atoms with van der Waals surface area (Å²) >= 11 is 0. The zero-order valence-electron chi connectivity index (χ0n) is 22.5. The molecule has 0 unspecified atom stereocenters. The summed E-state index contributed by atoms with van der Waals surface area (Å²) in [5.74, 6) is -0.258. The Hall–Kier alpha value is -3.38. The van der Waals surface area contributed by atoms with Crippen LogP contribution in [0.25, 0.3) is 21.9 Å². The van der Waals surface area contributed by atoms with Crippen molar-refractivity contribution < 1.29 is 9.21 Å². The molecule has 2 aromatic carbocycles. The Morgan fingerprint density at radius 1 is 0.821 bits per heavy atom. The smallest absolute Gasteiger partial charge is 0.287 e. The fraction of sp³-hybridized carbons (Fsp3) is 0.406. The van der Waals surface area contributed by atoms with Crippen molar-refractivity contribution in [3.63, 3.8) is 0 Å². The van der Waals surface area contributed by atoms with Gasteiger partial charge < -0.3 is 15.1 Å². The quantitative estimate of drug-likeness (QED) is 0.183. The van der Waals surface area contributed by atoms with Crippen LogP contribution in [0, 0.1) is 0 Å². The van der Waals surface area contributed by atoms with Crippen LogP contribution in [0.4, 0.5) is 5.69 Å². The third-order valence-electron chi connectivity index (χ3n) is 7.47. The molecule has 39 heavy (non-hydrogen) atoms. The number of aryl methyl sites for hydroxylation is 1. The molecule has 2 N–H and O–H groups in total. The van der Waals surface area contributed by atoms with Crippen molar-refractivity contribution >= 4 is 45.9 Å². The van der Waals surface area contributed by atoms with E-state index >= 15 is 0 Å². The number of halogens is 1. The van der Waals surface area contributed by atoms with E-state index < -0.39 is 0 Å². The molecule has 206 valence electrons.